The monoisotopic (exact) mass is 228 g/mol. The Balaban J connectivity index is 3.37. The summed E-state index contributed by atoms with van der Waals surface area (Å²) in [5.74, 6) is 0. The third-order valence-electron chi connectivity index (χ3n) is 3.81. The van der Waals surface area contributed by atoms with Gasteiger partial charge in [0.25, 0.3) is 0 Å². The summed E-state index contributed by atoms with van der Waals surface area (Å²) in [5, 5.41) is 7.52. The first-order valence-corrected chi connectivity index (χ1v) is 11.0. The second-order valence-electron chi connectivity index (χ2n) is 6.12. The molecule has 0 fully saturated rings. The van der Waals surface area contributed by atoms with E-state index in [0.717, 1.165) is 0 Å². The molecule has 1 aliphatic rings. The maximum absolute atomic E-state index is 2.51. The van der Waals surface area contributed by atoms with E-state index in [4.69, 9.17) is 0 Å². The molecule has 0 spiro atoms. The predicted octanol–water partition coefficient (Wildman–Crippen LogP) is 4.93. The van der Waals surface area contributed by atoms with Crippen molar-refractivity contribution in [1.82, 2.24) is 0 Å². The number of rotatable bonds is 1. The first-order valence-electron chi connectivity index (χ1n) is 5.50. The summed E-state index contributed by atoms with van der Waals surface area (Å²) in [6.45, 7) is 11.7. The van der Waals surface area contributed by atoms with Gasteiger partial charge in [-0.15, -0.1) is 0 Å². The number of allylic oxidation sites excluding steroid dienone is 4. The Kier molecular flexibility index (Phi) is 2.94. The van der Waals surface area contributed by atoms with Gasteiger partial charge < -0.3 is 0 Å². The molecule has 14 heavy (non-hydrogen) atoms. The summed E-state index contributed by atoms with van der Waals surface area (Å²) in [5.41, 5.74) is 5.07. The van der Waals surface area contributed by atoms with Gasteiger partial charge in [-0.3, -0.25) is 0 Å². The van der Waals surface area contributed by atoms with Crippen molar-refractivity contribution in [2.75, 3.05) is 0 Å². The first-order chi connectivity index (χ1) is 6.10. The van der Waals surface area contributed by atoms with E-state index in [2.05, 4.69) is 50.3 Å². The van der Waals surface area contributed by atoms with Crippen molar-refractivity contribution in [2.45, 2.75) is 50.3 Å². The second-order valence-corrected chi connectivity index (χ2v) is 13.9. The molecule has 0 aromatic heterocycles. The van der Waals surface area contributed by atoms with Crippen LogP contribution in [0.3, 0.4) is 0 Å². The van der Waals surface area contributed by atoms with E-state index in [-0.39, 0.29) is 0 Å². The molecule has 0 N–H and O–H groups in total. The van der Waals surface area contributed by atoms with Gasteiger partial charge in [-0.25, -0.2) is 0 Å². The van der Waals surface area contributed by atoms with Crippen LogP contribution in [0.4, 0.5) is 0 Å². The van der Waals surface area contributed by atoms with Gasteiger partial charge in [0.2, 0.25) is 0 Å². The molecule has 0 aromatic carbocycles. The van der Waals surface area contributed by atoms with Crippen LogP contribution < -0.4 is 0 Å². The molecule has 0 saturated carbocycles. The standard InChI is InChI=1S/C10H15.3CH3.Ti/c1-7-6-10(4,5)9(3)8(7)2;;;;/h1-5H3;3*1H3;. The van der Waals surface area contributed by atoms with Gasteiger partial charge in [-0.1, -0.05) is 0 Å². The van der Waals surface area contributed by atoms with E-state index in [1.165, 1.54) is 0 Å². The van der Waals surface area contributed by atoms with Crippen molar-refractivity contribution in [2.24, 2.45) is 5.41 Å². The van der Waals surface area contributed by atoms with Gasteiger partial charge in [-0.05, 0) is 0 Å². The van der Waals surface area contributed by atoms with E-state index in [1.54, 1.807) is 20.6 Å². The first kappa shape index (κ1) is 12.3. The molecule has 80 valence electrons. The van der Waals surface area contributed by atoms with E-state index in [0.29, 0.717) is 5.41 Å². The third kappa shape index (κ3) is 1.68. The average molecular weight is 228 g/mol. The predicted molar refractivity (Wildman–Crippen MR) is 62.4 cm³/mol. The van der Waals surface area contributed by atoms with E-state index >= 15 is 0 Å². The summed E-state index contributed by atoms with van der Waals surface area (Å²) in [7, 11) is 0. The summed E-state index contributed by atoms with van der Waals surface area (Å²) < 4.78 is 1.80. The van der Waals surface area contributed by atoms with Crippen LogP contribution >= 0.6 is 0 Å². The minimum atomic E-state index is -1.68. The van der Waals surface area contributed by atoms with Gasteiger partial charge in [0.1, 0.15) is 0 Å². The van der Waals surface area contributed by atoms with Gasteiger partial charge in [0.15, 0.2) is 0 Å². The van der Waals surface area contributed by atoms with Crippen molar-refractivity contribution in [3.8, 4) is 0 Å². The molecule has 0 aromatic rings. The normalized spacial score (nSPS) is 22.3. The van der Waals surface area contributed by atoms with Crippen LogP contribution in [0.2, 0.25) is 15.7 Å². The van der Waals surface area contributed by atoms with Crippen LogP contribution in [0.25, 0.3) is 0 Å². The van der Waals surface area contributed by atoms with Gasteiger partial charge in [0.05, 0.1) is 0 Å². The zero-order valence-electron chi connectivity index (χ0n) is 11.0. The topological polar surface area (TPSA) is 0 Å². The molecule has 0 bridgehead atoms. The van der Waals surface area contributed by atoms with Crippen LogP contribution in [0.5, 0.6) is 0 Å². The fourth-order valence-electron chi connectivity index (χ4n) is 3.09. The Morgan fingerprint density at radius 2 is 1.29 bits per heavy atom. The molecule has 0 nitrogen and oxygen atoms in total. The minimum absolute atomic E-state index is 0.340. The van der Waals surface area contributed by atoms with Crippen molar-refractivity contribution >= 4 is 0 Å². The summed E-state index contributed by atoms with van der Waals surface area (Å²) in [4.78, 5) is 0. The quantitative estimate of drug-likeness (QED) is 0.558. The Hall–Kier alpha value is 0.194. The van der Waals surface area contributed by atoms with Gasteiger partial charge in [-0.2, -0.15) is 0 Å². The van der Waals surface area contributed by atoms with Crippen LogP contribution in [-0.4, -0.2) is 0 Å². The Morgan fingerprint density at radius 3 is 1.43 bits per heavy atom. The molecule has 0 radical (unpaired) electrons. The molecule has 0 unspecified atom stereocenters. The second kappa shape index (κ2) is 3.35. The van der Waals surface area contributed by atoms with Crippen molar-refractivity contribution in [3.05, 3.63) is 20.6 Å². The van der Waals surface area contributed by atoms with Crippen molar-refractivity contribution < 1.29 is 16.6 Å². The van der Waals surface area contributed by atoms with E-state index < -0.39 is 16.6 Å². The fourth-order valence-corrected chi connectivity index (χ4v) is 8.36. The molecular formula is C13H24Ti. The van der Waals surface area contributed by atoms with Crippen LogP contribution in [0, 0.1) is 5.41 Å². The molecule has 0 amide bonds. The van der Waals surface area contributed by atoms with Crippen LogP contribution in [0.15, 0.2) is 20.6 Å². The molecule has 1 heteroatoms. The van der Waals surface area contributed by atoms with Crippen molar-refractivity contribution in [3.63, 3.8) is 0 Å². The van der Waals surface area contributed by atoms with Gasteiger partial charge >= 0.3 is 92.9 Å². The maximum atomic E-state index is 2.51. The fraction of sp³-hybridized carbons (Fsp3) is 0.692. The van der Waals surface area contributed by atoms with Crippen LogP contribution in [-0.2, 0) is 16.6 Å². The summed E-state index contributed by atoms with van der Waals surface area (Å²) in [6.07, 6.45) is 0. The molecule has 0 atom stereocenters. The summed E-state index contributed by atoms with van der Waals surface area (Å²) >= 11 is -1.68. The Labute approximate surface area is 92.8 Å². The Morgan fingerprint density at radius 1 is 0.857 bits per heavy atom. The zero-order chi connectivity index (χ0) is 11.3. The van der Waals surface area contributed by atoms with Gasteiger partial charge in [0, 0.05) is 0 Å². The number of hydrogen-bond donors (Lipinski definition) is 0. The average Bonchev–Trinajstić information content (AvgIpc) is 2.10. The summed E-state index contributed by atoms with van der Waals surface area (Å²) in [6, 6.07) is 0. The molecule has 0 heterocycles. The van der Waals surface area contributed by atoms with E-state index in [1.807, 2.05) is 0 Å². The zero-order valence-corrected chi connectivity index (χ0v) is 12.6. The van der Waals surface area contributed by atoms with E-state index in [9.17, 15) is 0 Å². The molecule has 0 aliphatic heterocycles. The molecule has 0 saturated heterocycles. The van der Waals surface area contributed by atoms with Crippen LogP contribution in [0.1, 0.15) is 34.6 Å². The van der Waals surface area contributed by atoms with Crippen molar-refractivity contribution in [1.29, 1.82) is 0 Å². The molecular weight excluding hydrogens is 204 g/mol. The molecule has 1 aliphatic carbocycles. The SMILES string of the molecule is CC1=C(C)C(C)(C)[C]([Ti]([CH3])([CH3])[CH3])=C1C. The third-order valence-corrected chi connectivity index (χ3v) is 7.72. The Bertz CT molecular complexity index is 322. The number of hydrogen-bond acceptors (Lipinski definition) is 0. The molecule has 1 rings (SSSR count).